The normalized spacial score (nSPS) is 20.7. The number of ether oxygens (including phenoxy) is 4. The van der Waals surface area contributed by atoms with Crippen LogP contribution in [0.2, 0.25) is 0 Å². The molecule has 0 amide bonds. The van der Waals surface area contributed by atoms with Gasteiger partial charge in [0.1, 0.15) is 7.85 Å². The Bertz CT molecular complexity index is 851. The second kappa shape index (κ2) is 9.77. The topological polar surface area (TPSA) is 36.9 Å². The lowest BCUT2D eigenvalue weighted by Gasteiger charge is -2.52. The van der Waals surface area contributed by atoms with Gasteiger partial charge in [-0.25, -0.2) is 0 Å². The predicted octanol–water partition coefficient (Wildman–Crippen LogP) is 5.90. The van der Waals surface area contributed by atoms with Crippen molar-refractivity contribution in [3.63, 3.8) is 0 Å². The predicted molar refractivity (Wildman–Crippen MR) is 137 cm³/mol. The molecule has 2 aromatic rings. The second-order valence-electron chi connectivity index (χ2n) is 10.8. The van der Waals surface area contributed by atoms with Crippen LogP contribution < -0.4 is 0 Å². The molecule has 2 fully saturated rings. The van der Waals surface area contributed by atoms with Gasteiger partial charge in [-0.15, -0.1) is 0 Å². The van der Waals surface area contributed by atoms with E-state index in [0.29, 0.717) is 26.4 Å². The summed E-state index contributed by atoms with van der Waals surface area (Å²) in [7, 11) is 6.53. The van der Waals surface area contributed by atoms with Crippen LogP contribution in [-0.4, -0.2) is 45.4 Å². The zero-order valence-electron chi connectivity index (χ0n) is 21.5. The van der Waals surface area contributed by atoms with E-state index in [1.807, 2.05) is 6.92 Å². The smallest absolute Gasteiger partial charge is 0.114 e. The molecule has 5 heteroatoms. The summed E-state index contributed by atoms with van der Waals surface area (Å²) < 4.78 is 23.4. The molecule has 0 aromatic heterocycles. The van der Waals surface area contributed by atoms with Crippen molar-refractivity contribution in [2.24, 2.45) is 10.8 Å². The van der Waals surface area contributed by atoms with Crippen LogP contribution in [0.5, 0.6) is 0 Å². The quantitative estimate of drug-likeness (QED) is 0.390. The summed E-state index contributed by atoms with van der Waals surface area (Å²) in [5.41, 5.74) is 3.80. The summed E-state index contributed by atoms with van der Waals surface area (Å²) in [4.78, 5) is 0. The van der Waals surface area contributed by atoms with Crippen LogP contribution in [0.25, 0.3) is 11.1 Å². The van der Waals surface area contributed by atoms with Gasteiger partial charge in [-0.1, -0.05) is 62.4 Å². The number of rotatable bonds is 11. The molecule has 182 valence electrons. The Hall–Kier alpha value is -1.66. The molecule has 2 aliphatic rings. The molecule has 2 radical (unpaired) electrons. The lowest BCUT2D eigenvalue weighted by atomic mass is 9.59. The van der Waals surface area contributed by atoms with Gasteiger partial charge in [-0.2, -0.15) is 0 Å². The first-order chi connectivity index (χ1) is 16.2. The third kappa shape index (κ3) is 4.73. The fourth-order valence-corrected chi connectivity index (χ4v) is 4.91. The van der Waals surface area contributed by atoms with E-state index in [2.05, 4.69) is 76.2 Å². The Labute approximate surface area is 206 Å². The van der Waals surface area contributed by atoms with Crippen LogP contribution in [0.1, 0.15) is 58.6 Å². The molecule has 2 aromatic carbocycles. The summed E-state index contributed by atoms with van der Waals surface area (Å²) >= 11 is 0. The standard InChI is InChI=1S/C29H39BO4/c1-6-28(18-31-19-28)26(3,4)33-16-22-8-12-24(13-9-22)25-14-10-23(11-15-25)17-34-27(5,30)29(7-2)20-32-21-29/h8-15H,6-7,16-21H2,1-5H3. The average molecular weight is 462 g/mol. The molecule has 1 atom stereocenters. The number of benzene rings is 2. The first kappa shape index (κ1) is 25.4. The van der Waals surface area contributed by atoms with Gasteiger partial charge in [-0.3, -0.25) is 0 Å². The van der Waals surface area contributed by atoms with E-state index < -0.39 is 5.50 Å². The Kier molecular flexibility index (Phi) is 7.31. The van der Waals surface area contributed by atoms with E-state index in [4.69, 9.17) is 26.8 Å². The van der Waals surface area contributed by atoms with Gasteiger partial charge >= 0.3 is 0 Å². The highest BCUT2D eigenvalue weighted by Crippen LogP contribution is 2.44. The highest BCUT2D eigenvalue weighted by atomic mass is 16.5. The third-order valence-corrected chi connectivity index (χ3v) is 8.58. The van der Waals surface area contributed by atoms with Crippen molar-refractivity contribution in [2.45, 2.75) is 71.8 Å². The fraction of sp³-hybridized carbons (Fsp3) is 0.586. The fourth-order valence-electron chi connectivity index (χ4n) is 4.91. The molecule has 1 unspecified atom stereocenters. The first-order valence-electron chi connectivity index (χ1n) is 12.6. The zero-order valence-corrected chi connectivity index (χ0v) is 21.5. The van der Waals surface area contributed by atoms with Crippen LogP contribution >= 0.6 is 0 Å². The van der Waals surface area contributed by atoms with Crippen LogP contribution in [0.4, 0.5) is 0 Å². The van der Waals surface area contributed by atoms with Crippen LogP contribution in [0.15, 0.2) is 48.5 Å². The Morgan fingerprint density at radius 3 is 1.47 bits per heavy atom. The Morgan fingerprint density at radius 1 is 0.706 bits per heavy atom. The lowest BCUT2D eigenvalue weighted by Crippen LogP contribution is -2.59. The van der Waals surface area contributed by atoms with Crippen molar-refractivity contribution in [1.29, 1.82) is 0 Å². The molecule has 4 nitrogen and oxygen atoms in total. The first-order valence-corrected chi connectivity index (χ1v) is 12.6. The van der Waals surface area contributed by atoms with Crippen molar-refractivity contribution < 1.29 is 18.9 Å². The maximum Gasteiger partial charge on any atom is 0.114 e. The van der Waals surface area contributed by atoms with Crippen LogP contribution in [0.3, 0.4) is 0 Å². The van der Waals surface area contributed by atoms with E-state index in [9.17, 15) is 0 Å². The Morgan fingerprint density at radius 2 is 1.12 bits per heavy atom. The summed E-state index contributed by atoms with van der Waals surface area (Å²) in [6, 6.07) is 17.2. The SMILES string of the molecule is [B]C(C)(OCc1ccc(-c2ccc(COC(C)(C)C3(CC)COC3)cc2)cc1)C1(CC)COC1. The molecular weight excluding hydrogens is 423 g/mol. The van der Waals surface area contributed by atoms with Crippen molar-refractivity contribution in [3.05, 3.63) is 59.7 Å². The Balaban J connectivity index is 1.32. The van der Waals surface area contributed by atoms with Crippen molar-refractivity contribution in [3.8, 4) is 11.1 Å². The van der Waals surface area contributed by atoms with E-state index in [-0.39, 0.29) is 16.4 Å². The molecule has 0 spiro atoms. The number of hydrogen-bond donors (Lipinski definition) is 0. The highest BCUT2D eigenvalue weighted by Gasteiger charge is 2.51. The van der Waals surface area contributed by atoms with Gasteiger partial charge < -0.3 is 18.9 Å². The van der Waals surface area contributed by atoms with Gasteiger partial charge in [-0.05, 0) is 55.9 Å². The lowest BCUT2D eigenvalue weighted by molar-refractivity contribution is -0.232. The van der Waals surface area contributed by atoms with Gasteiger partial charge in [0.25, 0.3) is 0 Å². The van der Waals surface area contributed by atoms with E-state index in [1.165, 1.54) is 16.7 Å². The van der Waals surface area contributed by atoms with Crippen molar-refractivity contribution in [2.75, 3.05) is 26.4 Å². The largest absolute Gasteiger partial charge is 0.380 e. The minimum absolute atomic E-state index is 0.0869. The maximum atomic E-state index is 6.53. The maximum absolute atomic E-state index is 6.53. The van der Waals surface area contributed by atoms with E-state index in [1.54, 1.807) is 0 Å². The zero-order chi connectivity index (χ0) is 24.5. The summed E-state index contributed by atoms with van der Waals surface area (Å²) in [5.74, 6) is 0. The summed E-state index contributed by atoms with van der Waals surface area (Å²) in [6.45, 7) is 14.7. The van der Waals surface area contributed by atoms with Crippen molar-refractivity contribution in [1.82, 2.24) is 0 Å². The van der Waals surface area contributed by atoms with Crippen LogP contribution in [-0.2, 0) is 32.2 Å². The minimum atomic E-state index is -0.701. The van der Waals surface area contributed by atoms with E-state index in [0.717, 1.165) is 31.6 Å². The van der Waals surface area contributed by atoms with Gasteiger partial charge in [0, 0.05) is 16.3 Å². The molecule has 0 aliphatic carbocycles. The van der Waals surface area contributed by atoms with Gasteiger partial charge in [0.2, 0.25) is 0 Å². The molecule has 0 saturated carbocycles. The van der Waals surface area contributed by atoms with Gasteiger partial charge in [0.05, 0.1) is 45.2 Å². The molecule has 0 N–H and O–H groups in total. The molecule has 34 heavy (non-hydrogen) atoms. The molecule has 2 saturated heterocycles. The number of hydrogen-bond acceptors (Lipinski definition) is 4. The molecule has 2 heterocycles. The van der Waals surface area contributed by atoms with Crippen LogP contribution in [0, 0.1) is 10.8 Å². The minimum Gasteiger partial charge on any atom is -0.380 e. The highest BCUT2D eigenvalue weighted by molar-refractivity contribution is 6.15. The molecule has 4 rings (SSSR count). The summed E-state index contributed by atoms with van der Waals surface area (Å²) in [5, 5.41) is 0. The third-order valence-electron chi connectivity index (χ3n) is 8.58. The van der Waals surface area contributed by atoms with E-state index >= 15 is 0 Å². The monoisotopic (exact) mass is 462 g/mol. The molecule has 0 bridgehead atoms. The molecular formula is C29H39BO4. The average Bonchev–Trinajstić information content (AvgIpc) is 2.76. The second-order valence-corrected chi connectivity index (χ2v) is 10.8. The summed E-state index contributed by atoms with van der Waals surface area (Å²) in [6.07, 6.45) is 2.02. The molecule has 2 aliphatic heterocycles. The van der Waals surface area contributed by atoms with Gasteiger partial charge in [0.15, 0.2) is 0 Å². The van der Waals surface area contributed by atoms with Crippen molar-refractivity contribution >= 4 is 7.85 Å².